The van der Waals surface area contributed by atoms with E-state index in [0.717, 1.165) is 11.3 Å². The van der Waals surface area contributed by atoms with Gasteiger partial charge in [0.1, 0.15) is 5.75 Å². The van der Waals surface area contributed by atoms with Crippen LogP contribution in [0.15, 0.2) is 24.3 Å². The van der Waals surface area contributed by atoms with E-state index in [0.29, 0.717) is 21.7 Å². The highest BCUT2D eigenvalue weighted by molar-refractivity contribution is 7.18. The molecule has 1 aromatic heterocycles. The number of carbonyl (C=O) groups is 3. The van der Waals surface area contributed by atoms with E-state index in [2.05, 4.69) is 10.6 Å². The summed E-state index contributed by atoms with van der Waals surface area (Å²) in [5, 5.41) is 23.6. The molecule has 0 aliphatic rings. The molecule has 0 radical (unpaired) electrons. The molecule has 1 aromatic carbocycles. The van der Waals surface area contributed by atoms with E-state index in [4.69, 9.17) is 9.84 Å². The molecule has 2 amide bonds. The molecule has 0 bridgehead atoms. The number of thiophene rings is 1. The second kappa shape index (κ2) is 8.54. The lowest BCUT2D eigenvalue weighted by molar-refractivity contribution is -0.139. The summed E-state index contributed by atoms with van der Waals surface area (Å²) in [5.74, 6) is -2.35. The number of nitrogens with one attached hydrogen (secondary N) is 2. The first-order valence-electron chi connectivity index (χ1n) is 8.08. The van der Waals surface area contributed by atoms with Gasteiger partial charge in [0.05, 0.1) is 0 Å². The number of carboxylic acids is 2. The van der Waals surface area contributed by atoms with Gasteiger partial charge in [0, 0.05) is 22.2 Å². The largest absolute Gasteiger partial charge is 0.480 e. The van der Waals surface area contributed by atoms with Crippen molar-refractivity contribution in [2.45, 2.75) is 26.8 Å². The molecular weight excluding hydrogens is 372 g/mol. The predicted octanol–water partition coefficient (Wildman–Crippen LogP) is 3.42. The second-order valence-electron chi connectivity index (χ2n) is 6.04. The maximum absolute atomic E-state index is 11.9. The maximum atomic E-state index is 11.9. The molecule has 0 saturated heterocycles. The molecule has 8 nitrogen and oxygen atoms in total. The second-order valence-corrected chi connectivity index (χ2v) is 7.06. The van der Waals surface area contributed by atoms with Gasteiger partial charge in [-0.1, -0.05) is 12.1 Å². The summed E-state index contributed by atoms with van der Waals surface area (Å²) in [7, 11) is 0. The minimum atomic E-state index is -1.19. The van der Waals surface area contributed by atoms with Crippen LogP contribution in [0.5, 0.6) is 5.75 Å². The number of hydrogen-bond acceptors (Lipinski definition) is 5. The smallest absolute Gasteiger partial charge is 0.349 e. The van der Waals surface area contributed by atoms with Crippen LogP contribution in [-0.2, 0) is 4.79 Å². The van der Waals surface area contributed by atoms with Crippen molar-refractivity contribution in [1.82, 2.24) is 5.32 Å². The third-order valence-electron chi connectivity index (χ3n) is 3.43. The highest BCUT2D eigenvalue weighted by atomic mass is 32.1. The average molecular weight is 392 g/mol. The molecule has 2 rings (SSSR count). The SMILES string of the molecule is Cc1c(-c2cccc(NC(=O)NC(C)C)c2)sc(C(=O)O)c1OCC(=O)O. The Hall–Kier alpha value is -3.07. The standard InChI is InChI=1S/C18H20N2O6S/c1-9(2)19-18(25)20-12-6-4-5-11(7-12)15-10(3)14(26-8-13(21)22)16(27-15)17(23)24/h4-7,9H,8H2,1-3H3,(H,21,22)(H,23,24)(H2,19,20,25). The quantitative estimate of drug-likeness (QED) is 0.572. The van der Waals surface area contributed by atoms with Crippen molar-refractivity contribution in [3.63, 3.8) is 0 Å². The number of amides is 2. The van der Waals surface area contributed by atoms with Crippen molar-refractivity contribution >= 4 is 35.0 Å². The van der Waals surface area contributed by atoms with Gasteiger partial charge < -0.3 is 25.6 Å². The van der Waals surface area contributed by atoms with Gasteiger partial charge in [-0.3, -0.25) is 0 Å². The van der Waals surface area contributed by atoms with Gasteiger partial charge >= 0.3 is 18.0 Å². The van der Waals surface area contributed by atoms with Gasteiger partial charge in [-0.15, -0.1) is 11.3 Å². The van der Waals surface area contributed by atoms with Crippen molar-refractivity contribution in [2.24, 2.45) is 0 Å². The Bertz CT molecular complexity index is 875. The van der Waals surface area contributed by atoms with E-state index in [1.807, 2.05) is 13.8 Å². The summed E-state index contributed by atoms with van der Waals surface area (Å²) in [6.45, 7) is 4.73. The molecule has 9 heteroatoms. The summed E-state index contributed by atoms with van der Waals surface area (Å²) >= 11 is 0.991. The topological polar surface area (TPSA) is 125 Å². The molecule has 0 aliphatic carbocycles. The Morgan fingerprint density at radius 2 is 1.93 bits per heavy atom. The summed E-state index contributed by atoms with van der Waals surface area (Å²) in [6, 6.07) is 6.58. The Morgan fingerprint density at radius 3 is 2.52 bits per heavy atom. The van der Waals surface area contributed by atoms with E-state index >= 15 is 0 Å². The third-order valence-corrected chi connectivity index (χ3v) is 4.74. The number of rotatable bonds is 7. The van der Waals surface area contributed by atoms with Gasteiger partial charge in [-0.25, -0.2) is 14.4 Å². The Balaban J connectivity index is 2.36. The normalized spacial score (nSPS) is 10.5. The number of aromatic carboxylic acids is 1. The molecule has 0 unspecified atom stereocenters. The summed E-state index contributed by atoms with van der Waals surface area (Å²) < 4.78 is 5.18. The van der Waals surface area contributed by atoms with Gasteiger partial charge in [0.25, 0.3) is 0 Å². The number of benzene rings is 1. The van der Waals surface area contributed by atoms with Gasteiger partial charge in [0.2, 0.25) is 0 Å². The Morgan fingerprint density at radius 1 is 1.22 bits per heavy atom. The lowest BCUT2D eigenvalue weighted by atomic mass is 10.1. The molecule has 4 N–H and O–H groups in total. The molecule has 0 saturated carbocycles. The summed E-state index contributed by atoms with van der Waals surface area (Å²) in [6.07, 6.45) is 0. The van der Waals surface area contributed by atoms with Crippen LogP contribution < -0.4 is 15.4 Å². The van der Waals surface area contributed by atoms with Crippen LogP contribution in [0.25, 0.3) is 10.4 Å². The van der Waals surface area contributed by atoms with Gasteiger partial charge in [0.15, 0.2) is 11.5 Å². The van der Waals surface area contributed by atoms with Crippen LogP contribution >= 0.6 is 11.3 Å². The minimum Gasteiger partial charge on any atom is -0.480 e. The fraction of sp³-hybridized carbons (Fsp3) is 0.278. The molecule has 27 heavy (non-hydrogen) atoms. The lowest BCUT2D eigenvalue weighted by Gasteiger charge is -2.11. The molecule has 0 spiro atoms. The number of hydrogen-bond donors (Lipinski definition) is 4. The van der Waals surface area contributed by atoms with Crippen LogP contribution in [-0.4, -0.2) is 40.8 Å². The van der Waals surface area contributed by atoms with Crippen molar-refractivity contribution in [3.8, 4) is 16.2 Å². The van der Waals surface area contributed by atoms with Crippen LogP contribution in [0.4, 0.5) is 10.5 Å². The number of aliphatic carboxylic acids is 1. The first-order valence-corrected chi connectivity index (χ1v) is 8.90. The van der Waals surface area contributed by atoms with E-state index in [1.165, 1.54) is 0 Å². The Labute approximate surface area is 159 Å². The molecule has 1 heterocycles. The highest BCUT2D eigenvalue weighted by Gasteiger charge is 2.23. The van der Waals surface area contributed by atoms with Crippen molar-refractivity contribution in [3.05, 3.63) is 34.7 Å². The fourth-order valence-corrected chi connectivity index (χ4v) is 3.48. The fourth-order valence-electron chi connectivity index (χ4n) is 2.39. The predicted molar refractivity (Wildman–Crippen MR) is 102 cm³/mol. The number of ether oxygens (including phenoxy) is 1. The molecule has 0 atom stereocenters. The van der Waals surface area contributed by atoms with Crippen LogP contribution in [0.2, 0.25) is 0 Å². The number of anilines is 1. The van der Waals surface area contributed by atoms with Crippen LogP contribution in [0, 0.1) is 6.92 Å². The zero-order valence-corrected chi connectivity index (χ0v) is 15.8. The molecular formula is C18H20N2O6S. The van der Waals surface area contributed by atoms with E-state index in [-0.39, 0.29) is 22.7 Å². The van der Waals surface area contributed by atoms with E-state index < -0.39 is 18.5 Å². The van der Waals surface area contributed by atoms with Crippen LogP contribution in [0.1, 0.15) is 29.1 Å². The highest BCUT2D eigenvalue weighted by Crippen LogP contribution is 2.41. The number of carboxylic acid groups (broad SMARTS) is 2. The molecule has 0 fully saturated rings. The maximum Gasteiger partial charge on any atom is 0.349 e. The molecule has 144 valence electrons. The zero-order valence-electron chi connectivity index (χ0n) is 15.0. The van der Waals surface area contributed by atoms with Gasteiger partial charge in [-0.2, -0.15) is 0 Å². The van der Waals surface area contributed by atoms with Gasteiger partial charge in [-0.05, 0) is 38.5 Å². The summed E-state index contributed by atoms with van der Waals surface area (Å²) in [4.78, 5) is 34.7. The van der Waals surface area contributed by atoms with Crippen molar-refractivity contribution < 1.29 is 29.3 Å². The van der Waals surface area contributed by atoms with E-state index in [9.17, 15) is 19.5 Å². The number of urea groups is 1. The van der Waals surface area contributed by atoms with Crippen molar-refractivity contribution in [2.75, 3.05) is 11.9 Å². The number of carbonyl (C=O) groups excluding carboxylic acids is 1. The minimum absolute atomic E-state index is 0.0141. The monoisotopic (exact) mass is 392 g/mol. The first-order chi connectivity index (χ1) is 12.7. The average Bonchev–Trinajstić information content (AvgIpc) is 2.89. The zero-order chi connectivity index (χ0) is 20.1. The van der Waals surface area contributed by atoms with Crippen molar-refractivity contribution in [1.29, 1.82) is 0 Å². The molecule has 2 aromatic rings. The van der Waals surface area contributed by atoms with E-state index in [1.54, 1.807) is 31.2 Å². The summed E-state index contributed by atoms with van der Waals surface area (Å²) in [5.41, 5.74) is 1.76. The molecule has 0 aliphatic heterocycles. The lowest BCUT2D eigenvalue weighted by Crippen LogP contribution is -2.34. The first kappa shape index (κ1) is 20.2. The Kier molecular flexibility index (Phi) is 6.40. The third kappa shape index (κ3) is 5.20. The van der Waals surface area contributed by atoms with Crippen LogP contribution in [0.3, 0.4) is 0 Å².